The Balaban J connectivity index is 1.71. The molecule has 0 fully saturated rings. The van der Waals surface area contributed by atoms with Crippen LogP contribution >= 0.6 is 0 Å². The summed E-state index contributed by atoms with van der Waals surface area (Å²) in [7, 11) is -3.46. The monoisotopic (exact) mass is 412 g/mol. The molecule has 4 aromatic rings. The van der Waals surface area contributed by atoms with Crippen LogP contribution in [0.15, 0.2) is 53.9 Å². The van der Waals surface area contributed by atoms with Crippen molar-refractivity contribution in [1.82, 2.24) is 24.4 Å². The summed E-state index contributed by atoms with van der Waals surface area (Å²) < 4.78 is 38.6. The number of imidazole rings is 1. The molecule has 0 radical (unpaired) electrons. The van der Waals surface area contributed by atoms with E-state index in [1.54, 1.807) is 48.1 Å². The van der Waals surface area contributed by atoms with E-state index in [0.717, 1.165) is 11.6 Å². The Bertz CT molecular complexity index is 1360. The van der Waals surface area contributed by atoms with Crippen molar-refractivity contribution >= 4 is 32.3 Å². The number of nitrogens with one attached hydrogen (secondary N) is 1. The van der Waals surface area contributed by atoms with Crippen LogP contribution < -0.4 is 4.83 Å². The van der Waals surface area contributed by atoms with Crippen LogP contribution in [0.2, 0.25) is 0 Å². The molecule has 0 unspecified atom stereocenters. The van der Waals surface area contributed by atoms with Crippen LogP contribution in [0.5, 0.6) is 0 Å². The van der Waals surface area contributed by atoms with Crippen molar-refractivity contribution in [2.24, 2.45) is 5.10 Å². The average molecular weight is 412 g/mol. The third-order valence-corrected chi connectivity index (χ3v) is 4.75. The Kier molecular flexibility index (Phi) is 4.71. The second-order valence-corrected chi connectivity index (χ2v) is 8.34. The number of nitrogens with zero attached hydrogens (tertiary/aromatic N) is 5. The topological polar surface area (TPSA) is 102 Å². The van der Waals surface area contributed by atoms with Gasteiger partial charge in [-0.1, -0.05) is 6.07 Å². The summed E-state index contributed by atoms with van der Waals surface area (Å²) in [4.78, 5) is 10.6. The van der Waals surface area contributed by atoms with Gasteiger partial charge in [-0.3, -0.25) is 4.98 Å². The fraction of sp³-hybridized carbons (Fsp3) is 0.158. The molecular weight excluding hydrogens is 395 g/mol. The second kappa shape index (κ2) is 7.21. The van der Waals surface area contributed by atoms with E-state index < -0.39 is 10.0 Å². The highest BCUT2D eigenvalue weighted by Gasteiger charge is 2.12. The van der Waals surface area contributed by atoms with Crippen LogP contribution in [0.25, 0.3) is 16.6 Å². The normalized spacial score (nSPS) is 12.6. The van der Waals surface area contributed by atoms with Gasteiger partial charge in [0.05, 0.1) is 29.4 Å². The number of benzene rings is 1. The van der Waals surface area contributed by atoms with E-state index in [9.17, 15) is 12.8 Å². The molecule has 0 atom stereocenters. The Morgan fingerprint density at radius 1 is 1.24 bits per heavy atom. The Hall–Kier alpha value is -3.40. The van der Waals surface area contributed by atoms with E-state index in [4.69, 9.17) is 0 Å². The Morgan fingerprint density at radius 3 is 2.86 bits per heavy atom. The van der Waals surface area contributed by atoms with E-state index in [2.05, 4.69) is 25.0 Å². The minimum Gasteiger partial charge on any atom is -0.256 e. The SMILES string of the molecule is C/C(=N/NS(C)(=O)=O)c1ccc2ncc(Cc3cc4cccnc4cc3F)n2n1. The van der Waals surface area contributed by atoms with Gasteiger partial charge in [0.25, 0.3) is 0 Å². The predicted molar refractivity (Wildman–Crippen MR) is 108 cm³/mol. The van der Waals surface area contributed by atoms with Crippen LogP contribution in [-0.4, -0.2) is 40.0 Å². The number of rotatable bonds is 5. The van der Waals surface area contributed by atoms with Crippen molar-refractivity contribution < 1.29 is 12.8 Å². The van der Waals surface area contributed by atoms with Crippen LogP contribution in [0, 0.1) is 5.82 Å². The van der Waals surface area contributed by atoms with Gasteiger partial charge in [0.2, 0.25) is 10.0 Å². The van der Waals surface area contributed by atoms with E-state index >= 15 is 0 Å². The van der Waals surface area contributed by atoms with Crippen LogP contribution in [-0.2, 0) is 16.4 Å². The minimum atomic E-state index is -3.46. The third-order valence-electron chi connectivity index (χ3n) is 4.33. The summed E-state index contributed by atoms with van der Waals surface area (Å²) in [5.74, 6) is -0.350. The minimum absolute atomic E-state index is 0.284. The first-order valence-corrected chi connectivity index (χ1v) is 10.6. The summed E-state index contributed by atoms with van der Waals surface area (Å²) in [5.41, 5.74) is 3.24. The molecule has 10 heteroatoms. The van der Waals surface area contributed by atoms with Crippen molar-refractivity contribution in [2.45, 2.75) is 13.3 Å². The second-order valence-electron chi connectivity index (χ2n) is 6.62. The lowest BCUT2D eigenvalue weighted by molar-refractivity contribution is 0.590. The predicted octanol–water partition coefficient (Wildman–Crippen LogP) is 2.28. The maximum atomic E-state index is 14.6. The number of pyridine rings is 1. The van der Waals surface area contributed by atoms with Gasteiger partial charge >= 0.3 is 0 Å². The largest absolute Gasteiger partial charge is 0.256 e. The van der Waals surface area contributed by atoms with Gasteiger partial charge in [-0.25, -0.2) is 27.1 Å². The highest BCUT2D eigenvalue weighted by molar-refractivity contribution is 7.88. The maximum absolute atomic E-state index is 14.6. The molecule has 8 nitrogen and oxygen atoms in total. The maximum Gasteiger partial charge on any atom is 0.244 e. The van der Waals surface area contributed by atoms with Gasteiger partial charge in [-0.2, -0.15) is 10.2 Å². The first-order valence-electron chi connectivity index (χ1n) is 8.68. The fourth-order valence-electron chi connectivity index (χ4n) is 2.92. The summed E-state index contributed by atoms with van der Waals surface area (Å²) in [6, 6.07) is 10.3. The zero-order valence-electron chi connectivity index (χ0n) is 15.7. The number of hydrogen-bond donors (Lipinski definition) is 1. The first-order chi connectivity index (χ1) is 13.8. The van der Waals surface area contributed by atoms with Crippen LogP contribution in [0.4, 0.5) is 4.39 Å². The van der Waals surface area contributed by atoms with E-state index in [1.165, 1.54) is 6.07 Å². The molecule has 0 saturated heterocycles. The number of aromatic nitrogens is 4. The number of hydrogen-bond acceptors (Lipinski definition) is 6. The van der Waals surface area contributed by atoms with Gasteiger partial charge in [0.15, 0.2) is 5.65 Å². The van der Waals surface area contributed by atoms with Crippen LogP contribution in [0.3, 0.4) is 0 Å². The van der Waals surface area contributed by atoms with Crippen molar-refractivity contribution in [3.8, 4) is 0 Å². The summed E-state index contributed by atoms with van der Waals surface area (Å²) in [5, 5.41) is 9.16. The molecule has 3 heterocycles. The zero-order valence-corrected chi connectivity index (χ0v) is 16.5. The molecule has 148 valence electrons. The molecule has 0 aliphatic rings. The molecule has 3 aromatic heterocycles. The summed E-state index contributed by atoms with van der Waals surface area (Å²) in [6.07, 6.45) is 4.56. The average Bonchev–Trinajstić information content (AvgIpc) is 3.08. The Morgan fingerprint density at radius 2 is 2.07 bits per heavy atom. The number of sulfonamides is 1. The number of hydrazone groups is 1. The lowest BCUT2D eigenvalue weighted by Gasteiger charge is -2.07. The van der Waals surface area contributed by atoms with E-state index in [1.807, 2.05) is 6.07 Å². The molecule has 1 N–H and O–H groups in total. The molecule has 1 aromatic carbocycles. The summed E-state index contributed by atoms with van der Waals surface area (Å²) >= 11 is 0. The lowest BCUT2D eigenvalue weighted by atomic mass is 10.1. The molecule has 0 aliphatic carbocycles. The lowest BCUT2D eigenvalue weighted by Crippen LogP contribution is -2.18. The molecule has 0 amide bonds. The standard InChI is InChI=1S/C19H17FN6O2S/c1-12(23-25-29(2,27)28)17-5-6-19-22-11-15(26(19)24-17)9-14-8-13-4-3-7-21-18(13)10-16(14)20/h3-8,10-11,25H,9H2,1-2H3/b23-12-. The van der Waals surface area contributed by atoms with Gasteiger partial charge < -0.3 is 0 Å². The molecular formula is C19H17FN6O2S. The fourth-order valence-corrected chi connectivity index (χ4v) is 3.22. The zero-order chi connectivity index (χ0) is 20.6. The first kappa shape index (κ1) is 18.9. The third kappa shape index (κ3) is 4.06. The molecule has 0 aliphatic heterocycles. The van der Waals surface area contributed by atoms with Crippen molar-refractivity contribution in [2.75, 3.05) is 6.26 Å². The molecule has 0 spiro atoms. The quantitative estimate of drug-likeness (QED) is 0.400. The van der Waals surface area contributed by atoms with Gasteiger partial charge in [0, 0.05) is 24.1 Å². The van der Waals surface area contributed by atoms with Gasteiger partial charge in [0.1, 0.15) is 11.5 Å². The molecule has 29 heavy (non-hydrogen) atoms. The van der Waals surface area contributed by atoms with Gasteiger partial charge in [-0.15, -0.1) is 0 Å². The van der Waals surface area contributed by atoms with E-state index in [-0.39, 0.29) is 12.2 Å². The highest BCUT2D eigenvalue weighted by Crippen LogP contribution is 2.20. The number of fused-ring (bicyclic) bond motifs is 2. The molecule has 0 saturated carbocycles. The summed E-state index contributed by atoms with van der Waals surface area (Å²) in [6.45, 7) is 1.64. The van der Waals surface area contributed by atoms with Crippen LogP contribution in [0.1, 0.15) is 23.9 Å². The highest BCUT2D eigenvalue weighted by atomic mass is 32.2. The van der Waals surface area contributed by atoms with Crippen molar-refractivity contribution in [3.05, 3.63) is 71.6 Å². The van der Waals surface area contributed by atoms with Crippen molar-refractivity contribution in [3.63, 3.8) is 0 Å². The van der Waals surface area contributed by atoms with Gasteiger partial charge in [-0.05, 0) is 36.8 Å². The molecule has 0 bridgehead atoms. The molecule has 4 rings (SSSR count). The van der Waals surface area contributed by atoms with Crippen molar-refractivity contribution in [1.29, 1.82) is 0 Å². The smallest absolute Gasteiger partial charge is 0.244 e. The van der Waals surface area contributed by atoms with E-state index in [0.29, 0.717) is 33.8 Å². The Labute approximate surface area is 166 Å². The number of halogens is 1.